The summed E-state index contributed by atoms with van der Waals surface area (Å²) in [4.78, 5) is 28.8. The molecule has 6 aliphatic rings. The third-order valence-corrected chi connectivity index (χ3v) is 18.3. The van der Waals surface area contributed by atoms with Gasteiger partial charge in [0.15, 0.2) is 9.84 Å². The molecule has 9 atom stereocenters. The van der Waals surface area contributed by atoms with E-state index in [-0.39, 0.29) is 52.2 Å². The van der Waals surface area contributed by atoms with Gasteiger partial charge in [-0.2, -0.15) is 0 Å². The molecule has 5 fully saturated rings. The minimum absolute atomic E-state index is 0.117. The highest BCUT2D eigenvalue weighted by atomic mass is 32.2. The number of sulfone groups is 1. The predicted octanol–water partition coefficient (Wildman–Crippen LogP) is 8.50. The number of carboxylic acid groups (broad SMARTS) is 1. The largest absolute Gasteiger partial charge is 0.481 e. The van der Waals surface area contributed by atoms with Crippen molar-refractivity contribution < 1.29 is 27.5 Å². The Balaban J connectivity index is 1.17. The summed E-state index contributed by atoms with van der Waals surface area (Å²) in [6.45, 7) is 15.4. The molecule has 6 rings (SSSR count). The molecule has 1 aliphatic heterocycles. The lowest BCUT2D eigenvalue weighted by Crippen LogP contribution is -2.64. The number of rotatable bonds is 13. The second kappa shape index (κ2) is 15.4. The number of fused-ring (bicyclic) bond motifs is 7. The Hall–Kier alpha value is -1.74. The van der Waals surface area contributed by atoms with E-state index in [1.54, 1.807) is 6.92 Å². The SMILES string of the molecule is CC(=O)N(CCCN1CCS(=O)(=O)CC1)CC12CCCC1C1CCC3C4(C)CC=C(/C(=C/CCC(=O)O)CCCF)C(C)C4CCC3(C)[C@]1(C)CC2. The Kier molecular flexibility index (Phi) is 11.8. The Morgan fingerprint density at radius 3 is 2.40 bits per heavy atom. The Morgan fingerprint density at radius 1 is 0.962 bits per heavy atom. The van der Waals surface area contributed by atoms with Crippen molar-refractivity contribution in [3.05, 3.63) is 23.3 Å². The first-order valence-electron chi connectivity index (χ1n) is 20.9. The fourth-order valence-corrected chi connectivity index (χ4v) is 15.1. The summed E-state index contributed by atoms with van der Waals surface area (Å²) in [7, 11) is -2.89. The molecule has 8 unspecified atom stereocenters. The summed E-state index contributed by atoms with van der Waals surface area (Å²) in [5.41, 5.74) is 3.50. The number of alkyl halides is 1. The fourth-order valence-electron chi connectivity index (χ4n) is 13.8. The fraction of sp³-hybridized carbons (Fsp3) is 0.860. The summed E-state index contributed by atoms with van der Waals surface area (Å²) >= 11 is 0. The van der Waals surface area contributed by atoms with Gasteiger partial charge in [-0.1, -0.05) is 46.3 Å². The topological polar surface area (TPSA) is 95.0 Å². The number of carboxylic acids is 1. The number of carbonyl (C=O) groups excluding carboxylic acids is 1. The number of hydrogen-bond donors (Lipinski definition) is 1. The quantitative estimate of drug-likeness (QED) is 0.203. The van der Waals surface area contributed by atoms with Gasteiger partial charge in [0.25, 0.3) is 0 Å². The summed E-state index contributed by atoms with van der Waals surface area (Å²) in [5.74, 6) is 2.86. The van der Waals surface area contributed by atoms with E-state index in [0.717, 1.165) is 32.5 Å². The molecule has 0 radical (unpaired) electrons. The first kappa shape index (κ1) is 39.9. The van der Waals surface area contributed by atoms with Crippen LogP contribution in [0, 0.1) is 51.2 Å². The van der Waals surface area contributed by atoms with Crippen LogP contribution in [0.1, 0.15) is 131 Å². The molecule has 0 aromatic carbocycles. The van der Waals surface area contributed by atoms with E-state index < -0.39 is 15.8 Å². The molecule has 1 amide bonds. The van der Waals surface area contributed by atoms with Gasteiger partial charge >= 0.3 is 5.97 Å². The van der Waals surface area contributed by atoms with Gasteiger partial charge in [-0.15, -0.1) is 0 Å². The van der Waals surface area contributed by atoms with Crippen LogP contribution in [0.5, 0.6) is 0 Å². The summed E-state index contributed by atoms with van der Waals surface area (Å²) < 4.78 is 37.2. The zero-order valence-electron chi connectivity index (χ0n) is 33.1. The third kappa shape index (κ3) is 7.33. The van der Waals surface area contributed by atoms with E-state index in [2.05, 4.69) is 49.6 Å². The molecule has 0 spiro atoms. The van der Waals surface area contributed by atoms with Crippen molar-refractivity contribution in [2.24, 2.45) is 51.2 Å². The highest BCUT2D eigenvalue weighted by molar-refractivity contribution is 7.91. The van der Waals surface area contributed by atoms with Crippen LogP contribution in [-0.4, -0.2) is 86.1 Å². The van der Waals surface area contributed by atoms with Crippen molar-refractivity contribution in [3.63, 3.8) is 0 Å². The lowest BCUT2D eigenvalue weighted by Gasteiger charge is -2.71. The van der Waals surface area contributed by atoms with Crippen molar-refractivity contribution in [3.8, 4) is 0 Å². The minimum atomic E-state index is -2.89. The van der Waals surface area contributed by atoms with Gasteiger partial charge in [0.2, 0.25) is 5.91 Å². The van der Waals surface area contributed by atoms with Gasteiger partial charge in [0.05, 0.1) is 18.2 Å². The van der Waals surface area contributed by atoms with E-state index in [9.17, 15) is 27.5 Å². The molecule has 1 N–H and O–H groups in total. The number of allylic oxidation sites excluding steroid dienone is 4. The molecule has 0 aromatic heterocycles. The molecule has 9 heteroatoms. The van der Waals surface area contributed by atoms with Crippen molar-refractivity contribution in [1.82, 2.24) is 9.80 Å². The predicted molar refractivity (Wildman–Crippen MR) is 206 cm³/mol. The summed E-state index contributed by atoms with van der Waals surface area (Å²) in [6.07, 6.45) is 19.6. The van der Waals surface area contributed by atoms with Crippen LogP contribution in [0.25, 0.3) is 0 Å². The van der Waals surface area contributed by atoms with Crippen molar-refractivity contribution in [1.29, 1.82) is 0 Å². The normalized spacial score (nSPS) is 40.2. The van der Waals surface area contributed by atoms with E-state index in [1.807, 2.05) is 0 Å². The van der Waals surface area contributed by atoms with Crippen molar-refractivity contribution >= 4 is 21.7 Å². The third-order valence-electron chi connectivity index (χ3n) is 16.7. The molecule has 7 nitrogen and oxygen atoms in total. The number of halogens is 1. The van der Waals surface area contributed by atoms with E-state index in [4.69, 9.17) is 0 Å². The van der Waals surface area contributed by atoms with Gasteiger partial charge < -0.3 is 14.9 Å². The summed E-state index contributed by atoms with van der Waals surface area (Å²) in [5, 5.41) is 9.26. The first-order valence-corrected chi connectivity index (χ1v) is 22.8. The van der Waals surface area contributed by atoms with Crippen LogP contribution in [0.15, 0.2) is 23.3 Å². The Labute approximate surface area is 314 Å². The van der Waals surface area contributed by atoms with Gasteiger partial charge in [-0.05, 0) is 152 Å². The molecule has 5 aliphatic carbocycles. The van der Waals surface area contributed by atoms with Crippen molar-refractivity contribution in [2.45, 2.75) is 131 Å². The van der Waals surface area contributed by atoms with Crippen LogP contribution in [0.4, 0.5) is 4.39 Å². The standard InChI is InChI=1S/C43H69FN2O5S/c1-31-34(33(11-8-23-44)10-6-13-39(48)49)16-19-40(3)35(31)17-20-42(5)38(40)15-14-36-37-12-7-18-43(37,22-21-41(36,42)4)30-46(32(2)47)25-9-24-45-26-28-52(50,51)29-27-45/h10,16,31,35-38H,6-9,11-15,17-30H2,1-5H3,(H,48,49)/b33-10+/t31?,35?,36?,37?,38?,40?,41-,42?,43?/m1/s1. The smallest absolute Gasteiger partial charge is 0.303 e. The molecule has 294 valence electrons. The first-order chi connectivity index (χ1) is 24.6. The highest BCUT2D eigenvalue weighted by Gasteiger charge is 2.68. The maximum Gasteiger partial charge on any atom is 0.303 e. The maximum atomic E-state index is 13.4. The van der Waals surface area contributed by atoms with Gasteiger partial charge in [-0.25, -0.2) is 8.42 Å². The average molecular weight is 745 g/mol. The van der Waals surface area contributed by atoms with Crippen LogP contribution in [-0.2, 0) is 19.4 Å². The zero-order chi connectivity index (χ0) is 37.5. The van der Waals surface area contributed by atoms with Crippen LogP contribution in [0.2, 0.25) is 0 Å². The Morgan fingerprint density at radius 2 is 1.71 bits per heavy atom. The van der Waals surface area contributed by atoms with E-state index in [1.165, 1.54) is 68.9 Å². The zero-order valence-corrected chi connectivity index (χ0v) is 33.9. The average Bonchev–Trinajstić information content (AvgIpc) is 3.51. The molecular formula is C43H69FN2O5S. The molecule has 1 heterocycles. The molecular weight excluding hydrogens is 676 g/mol. The lowest BCUT2D eigenvalue weighted by atomic mass is 9.33. The van der Waals surface area contributed by atoms with Crippen LogP contribution in [0.3, 0.4) is 0 Å². The molecule has 1 saturated heterocycles. The van der Waals surface area contributed by atoms with E-state index in [0.29, 0.717) is 61.9 Å². The van der Waals surface area contributed by atoms with E-state index >= 15 is 0 Å². The number of nitrogens with zero attached hydrogens (tertiary/aromatic N) is 2. The van der Waals surface area contributed by atoms with Crippen LogP contribution < -0.4 is 0 Å². The number of amides is 1. The van der Waals surface area contributed by atoms with Gasteiger partial charge in [0.1, 0.15) is 0 Å². The monoisotopic (exact) mass is 744 g/mol. The highest BCUT2D eigenvalue weighted by Crippen LogP contribution is 2.76. The maximum absolute atomic E-state index is 13.4. The van der Waals surface area contributed by atoms with Gasteiger partial charge in [0, 0.05) is 39.5 Å². The number of hydrogen-bond acceptors (Lipinski definition) is 5. The number of carbonyl (C=O) groups is 2. The molecule has 0 aromatic rings. The van der Waals surface area contributed by atoms with Crippen LogP contribution >= 0.6 is 0 Å². The summed E-state index contributed by atoms with van der Waals surface area (Å²) in [6, 6.07) is 0. The molecule has 52 heavy (non-hydrogen) atoms. The second-order valence-electron chi connectivity index (χ2n) is 19.0. The van der Waals surface area contributed by atoms with Gasteiger partial charge in [-0.3, -0.25) is 14.0 Å². The van der Waals surface area contributed by atoms with Crippen molar-refractivity contribution in [2.75, 3.05) is 50.9 Å². The minimum Gasteiger partial charge on any atom is -0.481 e. The molecule has 0 bridgehead atoms. The second-order valence-corrected chi connectivity index (χ2v) is 21.3. The number of aliphatic carboxylic acids is 1. The Bertz CT molecular complexity index is 1500. The lowest BCUT2D eigenvalue weighted by molar-refractivity contribution is -0.220. The molecule has 4 saturated carbocycles.